The average Bonchev–Trinajstić information content (AvgIpc) is 3.17. The average molecular weight is 352 g/mol. The zero-order valence-electron chi connectivity index (χ0n) is 12.0. The molecule has 1 aromatic carbocycles. The maximum Gasteiger partial charge on any atom is 0.419 e. The number of thiazole rings is 1. The second kappa shape index (κ2) is 6.32. The molecule has 0 aliphatic carbocycles. The van der Waals surface area contributed by atoms with Crippen molar-refractivity contribution >= 4 is 28.5 Å². The van der Waals surface area contributed by atoms with Crippen molar-refractivity contribution in [2.24, 2.45) is 5.10 Å². The number of nitrogens with two attached hydrogens (primary N) is 1. The number of rotatable bonds is 4. The van der Waals surface area contributed by atoms with Crippen molar-refractivity contribution in [3.8, 4) is 5.69 Å². The number of hydrogen-bond acceptors (Lipinski definition) is 6. The van der Waals surface area contributed by atoms with Gasteiger partial charge in [0.1, 0.15) is 5.82 Å². The van der Waals surface area contributed by atoms with Crippen LogP contribution in [0, 0.1) is 0 Å². The fourth-order valence-corrected chi connectivity index (χ4v) is 2.37. The first-order valence-electron chi connectivity index (χ1n) is 6.64. The highest BCUT2D eigenvalue weighted by molar-refractivity contribution is 7.14. The van der Waals surface area contributed by atoms with E-state index in [2.05, 4.69) is 20.6 Å². The van der Waals surface area contributed by atoms with Gasteiger partial charge in [0.2, 0.25) is 5.13 Å². The fraction of sp³-hybridized carbons (Fsp3) is 0.0714. The summed E-state index contributed by atoms with van der Waals surface area (Å²) >= 11 is 1.32. The zero-order valence-corrected chi connectivity index (χ0v) is 12.8. The smallest absolute Gasteiger partial charge is 0.383 e. The maximum absolute atomic E-state index is 12.6. The highest BCUT2D eigenvalue weighted by atomic mass is 32.1. The highest BCUT2D eigenvalue weighted by Crippen LogP contribution is 2.29. The molecule has 0 saturated carbocycles. The molecule has 24 heavy (non-hydrogen) atoms. The van der Waals surface area contributed by atoms with Gasteiger partial charge in [-0.25, -0.2) is 9.67 Å². The minimum atomic E-state index is -4.41. The number of halogens is 3. The first-order chi connectivity index (χ1) is 11.4. The third-order valence-electron chi connectivity index (χ3n) is 2.96. The molecular weight excluding hydrogens is 341 g/mol. The number of anilines is 2. The molecule has 0 bridgehead atoms. The summed E-state index contributed by atoms with van der Waals surface area (Å²) in [6.07, 6.45) is -1.11. The van der Waals surface area contributed by atoms with Crippen molar-refractivity contribution < 1.29 is 13.2 Å². The quantitative estimate of drug-likeness (QED) is 0.557. The Morgan fingerprint density at radius 2 is 2.00 bits per heavy atom. The molecule has 124 valence electrons. The third-order valence-corrected chi connectivity index (χ3v) is 3.73. The molecule has 0 radical (unpaired) electrons. The Hall–Kier alpha value is -2.88. The molecule has 3 rings (SSSR count). The third kappa shape index (κ3) is 3.71. The van der Waals surface area contributed by atoms with E-state index in [1.807, 2.05) is 0 Å². The van der Waals surface area contributed by atoms with Crippen molar-refractivity contribution in [2.75, 3.05) is 11.2 Å². The number of hydrazone groups is 1. The van der Waals surface area contributed by atoms with Gasteiger partial charge in [-0.15, -0.1) is 11.3 Å². The van der Waals surface area contributed by atoms with Crippen LogP contribution in [0.25, 0.3) is 5.69 Å². The zero-order chi connectivity index (χ0) is 17.2. The van der Waals surface area contributed by atoms with E-state index in [4.69, 9.17) is 5.73 Å². The number of aromatic nitrogens is 3. The summed E-state index contributed by atoms with van der Waals surface area (Å²) in [5.74, 6) is 0.416. The molecular formula is C14H11F3N6S. The lowest BCUT2D eigenvalue weighted by molar-refractivity contribution is -0.137. The topological polar surface area (TPSA) is 81.1 Å². The van der Waals surface area contributed by atoms with Crippen molar-refractivity contribution in [1.29, 1.82) is 0 Å². The Morgan fingerprint density at radius 3 is 2.58 bits per heavy atom. The molecule has 10 heteroatoms. The first kappa shape index (κ1) is 16.0. The standard InChI is InChI=1S/C14H11F3N6S/c15-14(16,17)10-6-20-23(7-10)11-3-1-9(2-4-11)5-19-22-13-21-12(18)8-24-13/h1-8H,18H2,(H,21,22). The van der Waals surface area contributed by atoms with E-state index in [9.17, 15) is 13.2 Å². The largest absolute Gasteiger partial charge is 0.419 e. The molecule has 0 saturated heterocycles. The lowest BCUT2D eigenvalue weighted by Gasteiger charge is -2.03. The Morgan fingerprint density at radius 1 is 1.25 bits per heavy atom. The van der Waals surface area contributed by atoms with Crippen molar-refractivity contribution in [2.45, 2.75) is 6.18 Å². The van der Waals surface area contributed by atoms with Crippen LogP contribution >= 0.6 is 11.3 Å². The van der Waals surface area contributed by atoms with E-state index in [1.54, 1.807) is 35.9 Å². The molecule has 0 fully saturated rings. The summed E-state index contributed by atoms with van der Waals surface area (Å²) in [5.41, 5.74) is 8.71. The number of nitrogens with one attached hydrogen (secondary N) is 1. The van der Waals surface area contributed by atoms with Gasteiger partial charge in [-0.3, -0.25) is 5.43 Å². The van der Waals surface area contributed by atoms with Crippen LogP contribution in [-0.4, -0.2) is 21.0 Å². The van der Waals surface area contributed by atoms with E-state index in [1.165, 1.54) is 16.0 Å². The number of alkyl halides is 3. The summed E-state index contributed by atoms with van der Waals surface area (Å²) in [4.78, 5) is 3.99. The minimum Gasteiger partial charge on any atom is -0.383 e. The van der Waals surface area contributed by atoms with Gasteiger partial charge < -0.3 is 5.73 Å². The Kier molecular flexibility index (Phi) is 4.21. The van der Waals surface area contributed by atoms with Gasteiger partial charge in [0.25, 0.3) is 0 Å². The van der Waals surface area contributed by atoms with Crippen LogP contribution in [0.2, 0.25) is 0 Å². The van der Waals surface area contributed by atoms with Gasteiger partial charge in [0, 0.05) is 11.6 Å². The SMILES string of the molecule is Nc1csc(NN=Cc2ccc(-n3cc(C(F)(F)F)cn3)cc2)n1. The predicted octanol–water partition coefficient (Wildman–Crippen LogP) is 3.38. The monoisotopic (exact) mass is 352 g/mol. The second-order valence-electron chi connectivity index (χ2n) is 4.71. The number of hydrogen-bond donors (Lipinski definition) is 2. The van der Waals surface area contributed by atoms with E-state index in [-0.39, 0.29) is 0 Å². The van der Waals surface area contributed by atoms with E-state index in [0.29, 0.717) is 16.6 Å². The van der Waals surface area contributed by atoms with E-state index in [0.717, 1.165) is 18.0 Å². The summed E-state index contributed by atoms with van der Waals surface area (Å²) < 4.78 is 38.9. The Balaban J connectivity index is 1.68. The van der Waals surface area contributed by atoms with Gasteiger partial charge in [-0.2, -0.15) is 23.4 Å². The second-order valence-corrected chi connectivity index (χ2v) is 5.57. The van der Waals surface area contributed by atoms with Crippen LogP contribution in [0.1, 0.15) is 11.1 Å². The molecule has 0 aliphatic heterocycles. The van der Waals surface area contributed by atoms with Gasteiger partial charge in [-0.1, -0.05) is 12.1 Å². The minimum absolute atomic E-state index is 0.416. The molecule has 0 unspecified atom stereocenters. The van der Waals surface area contributed by atoms with E-state index >= 15 is 0 Å². The van der Waals surface area contributed by atoms with Crippen molar-refractivity contribution in [1.82, 2.24) is 14.8 Å². The summed E-state index contributed by atoms with van der Waals surface area (Å²) in [5, 5.41) is 9.98. The Bertz CT molecular complexity index is 850. The lowest BCUT2D eigenvalue weighted by atomic mass is 10.2. The predicted molar refractivity (Wildman–Crippen MR) is 86.3 cm³/mol. The van der Waals surface area contributed by atoms with Gasteiger partial charge in [0.05, 0.1) is 23.7 Å². The van der Waals surface area contributed by atoms with Crippen molar-refractivity contribution in [3.63, 3.8) is 0 Å². The first-order valence-corrected chi connectivity index (χ1v) is 7.52. The molecule has 3 aromatic rings. The van der Waals surface area contributed by atoms with Crippen LogP contribution in [0.15, 0.2) is 47.1 Å². The number of benzene rings is 1. The molecule has 0 spiro atoms. The summed E-state index contributed by atoms with van der Waals surface area (Å²) in [7, 11) is 0. The van der Waals surface area contributed by atoms with Gasteiger partial charge >= 0.3 is 6.18 Å². The normalized spacial score (nSPS) is 12.0. The van der Waals surface area contributed by atoms with Crippen LogP contribution in [0.3, 0.4) is 0 Å². The van der Waals surface area contributed by atoms with Gasteiger partial charge in [0.15, 0.2) is 0 Å². The van der Waals surface area contributed by atoms with E-state index < -0.39 is 11.7 Å². The lowest BCUT2D eigenvalue weighted by Crippen LogP contribution is -2.03. The van der Waals surface area contributed by atoms with Crippen molar-refractivity contribution in [3.05, 3.63) is 53.2 Å². The molecule has 3 N–H and O–H groups in total. The molecule has 2 aromatic heterocycles. The Labute approximate surface area is 138 Å². The number of nitrogen functional groups attached to an aromatic ring is 1. The fourth-order valence-electron chi connectivity index (χ4n) is 1.82. The molecule has 2 heterocycles. The van der Waals surface area contributed by atoms with Gasteiger partial charge in [-0.05, 0) is 17.7 Å². The highest BCUT2D eigenvalue weighted by Gasteiger charge is 2.32. The number of nitrogens with zero attached hydrogens (tertiary/aromatic N) is 4. The maximum atomic E-state index is 12.6. The summed E-state index contributed by atoms with van der Waals surface area (Å²) in [6.45, 7) is 0. The molecule has 6 nitrogen and oxygen atoms in total. The van der Waals surface area contributed by atoms with Crippen LogP contribution in [0.5, 0.6) is 0 Å². The summed E-state index contributed by atoms with van der Waals surface area (Å²) in [6, 6.07) is 6.73. The van der Waals surface area contributed by atoms with Crippen LogP contribution in [-0.2, 0) is 6.18 Å². The molecule has 0 amide bonds. The van der Waals surface area contributed by atoms with Crippen LogP contribution in [0.4, 0.5) is 24.1 Å². The molecule has 0 aliphatic rings. The molecule has 0 atom stereocenters. The van der Waals surface area contributed by atoms with Crippen LogP contribution < -0.4 is 11.2 Å².